The molecule has 1 saturated heterocycles. The molecule has 1 atom stereocenters. The van der Waals surface area contributed by atoms with Crippen LogP contribution >= 0.6 is 0 Å². The maximum atomic E-state index is 13.2. The fourth-order valence-corrected chi connectivity index (χ4v) is 3.63. The predicted molar refractivity (Wildman–Crippen MR) is 128 cm³/mol. The zero-order valence-electron chi connectivity index (χ0n) is 19.6. The summed E-state index contributed by atoms with van der Waals surface area (Å²) in [5, 5.41) is 12.8. The summed E-state index contributed by atoms with van der Waals surface area (Å²) in [6, 6.07) is 9.57. The van der Waals surface area contributed by atoms with Gasteiger partial charge in [0, 0.05) is 24.9 Å². The first-order valence-corrected chi connectivity index (χ1v) is 11.2. The van der Waals surface area contributed by atoms with Gasteiger partial charge in [-0.2, -0.15) is 4.39 Å². The molecule has 2 amide bonds. The van der Waals surface area contributed by atoms with Gasteiger partial charge in [-0.1, -0.05) is 11.8 Å². The van der Waals surface area contributed by atoms with E-state index in [2.05, 4.69) is 27.1 Å². The normalized spacial score (nSPS) is 17.8. The van der Waals surface area contributed by atoms with E-state index in [4.69, 9.17) is 14.2 Å². The Kier molecular flexibility index (Phi) is 6.43. The number of halogens is 1. The quantitative estimate of drug-likeness (QED) is 0.407. The van der Waals surface area contributed by atoms with Crippen molar-refractivity contribution in [1.82, 2.24) is 15.3 Å². The van der Waals surface area contributed by atoms with E-state index in [0.29, 0.717) is 17.0 Å². The molecule has 5 rings (SSSR count). The lowest BCUT2D eigenvalue weighted by Gasteiger charge is -2.30. The monoisotopic (exact) mass is 504 g/mol. The third kappa shape index (κ3) is 5.35. The molecule has 11 heteroatoms. The highest BCUT2D eigenvalue weighted by Crippen LogP contribution is 2.32. The molecule has 0 unspecified atom stereocenters. The molecule has 0 spiro atoms. The van der Waals surface area contributed by atoms with Gasteiger partial charge >= 0.3 is 0 Å². The van der Waals surface area contributed by atoms with E-state index in [1.165, 1.54) is 35.5 Å². The van der Waals surface area contributed by atoms with Crippen molar-refractivity contribution in [3.8, 4) is 29.1 Å². The average molecular weight is 504 g/mol. The molecule has 37 heavy (non-hydrogen) atoms. The summed E-state index contributed by atoms with van der Waals surface area (Å²) in [7, 11) is 1.57. The molecule has 1 aromatic carbocycles. The van der Waals surface area contributed by atoms with Crippen molar-refractivity contribution in [3.05, 3.63) is 72.1 Å². The number of amides is 2. The highest BCUT2D eigenvalue weighted by atomic mass is 19.1. The van der Waals surface area contributed by atoms with E-state index in [0.717, 1.165) is 6.07 Å². The number of pyridine rings is 2. The second-order valence-electron chi connectivity index (χ2n) is 8.49. The smallest absolute Gasteiger partial charge is 0.270 e. The van der Waals surface area contributed by atoms with Crippen LogP contribution in [0.2, 0.25) is 0 Å². The van der Waals surface area contributed by atoms with E-state index in [-0.39, 0.29) is 37.0 Å². The van der Waals surface area contributed by atoms with Crippen LogP contribution < -0.4 is 19.7 Å². The van der Waals surface area contributed by atoms with Gasteiger partial charge in [-0.3, -0.25) is 14.6 Å². The fraction of sp³-hybridized carbons (Fsp3) is 0.231. The first kappa shape index (κ1) is 24.2. The highest BCUT2D eigenvalue weighted by molar-refractivity contribution is 6.03. The van der Waals surface area contributed by atoms with Gasteiger partial charge in [-0.25, -0.2) is 4.98 Å². The lowest BCUT2D eigenvalue weighted by atomic mass is 10.0. The minimum absolute atomic E-state index is 0.0141. The van der Waals surface area contributed by atoms with Crippen LogP contribution in [0.4, 0.5) is 10.1 Å². The van der Waals surface area contributed by atoms with E-state index >= 15 is 0 Å². The van der Waals surface area contributed by atoms with E-state index in [9.17, 15) is 19.1 Å². The molecule has 4 heterocycles. The van der Waals surface area contributed by atoms with Crippen LogP contribution in [-0.4, -0.2) is 65.4 Å². The number of aromatic nitrogens is 2. The van der Waals surface area contributed by atoms with Crippen LogP contribution in [0.3, 0.4) is 0 Å². The van der Waals surface area contributed by atoms with Crippen molar-refractivity contribution in [2.75, 3.05) is 31.8 Å². The van der Waals surface area contributed by atoms with Gasteiger partial charge in [-0.05, 0) is 36.4 Å². The first-order chi connectivity index (χ1) is 17.8. The summed E-state index contributed by atoms with van der Waals surface area (Å²) in [6.45, 7) is 0.212. The highest BCUT2D eigenvalue weighted by Gasteiger charge is 2.34. The van der Waals surface area contributed by atoms with E-state index < -0.39 is 29.4 Å². The molecule has 10 nitrogen and oxygen atoms in total. The number of hydrogen-bond donors (Lipinski definition) is 2. The minimum Gasteiger partial charge on any atom is -0.489 e. The molecule has 3 aromatic rings. The number of carbonyl (C=O) groups excluding carboxylic acids is 2. The number of rotatable bonds is 4. The summed E-state index contributed by atoms with van der Waals surface area (Å²) < 4.78 is 29.4. The molecule has 2 aliphatic rings. The number of anilines is 1. The Hall–Kier alpha value is -4.53. The number of likely N-dealkylation sites (N-methyl/N-ethyl adjacent to an activating group) is 1. The molecular weight excluding hydrogens is 483 g/mol. The third-order valence-corrected chi connectivity index (χ3v) is 5.68. The molecule has 0 aliphatic carbocycles. The Morgan fingerprint density at radius 3 is 2.78 bits per heavy atom. The molecule has 2 aromatic heterocycles. The lowest BCUT2D eigenvalue weighted by Crippen LogP contribution is -2.49. The van der Waals surface area contributed by atoms with Crippen LogP contribution in [0, 0.1) is 17.8 Å². The third-order valence-electron chi connectivity index (χ3n) is 5.68. The van der Waals surface area contributed by atoms with Crippen molar-refractivity contribution in [2.45, 2.75) is 11.6 Å². The van der Waals surface area contributed by atoms with Crippen LogP contribution in [0.25, 0.3) is 0 Å². The summed E-state index contributed by atoms with van der Waals surface area (Å²) in [6.07, 6.45) is 2.59. The zero-order valence-corrected chi connectivity index (χ0v) is 19.6. The Morgan fingerprint density at radius 1 is 1.22 bits per heavy atom. The number of carbonyl (C=O) groups is 2. The Bertz CT molecular complexity index is 1410. The van der Waals surface area contributed by atoms with Crippen molar-refractivity contribution < 1.29 is 33.3 Å². The zero-order chi connectivity index (χ0) is 26.0. The number of nitrogens with zero attached hydrogens (tertiary/aromatic N) is 3. The van der Waals surface area contributed by atoms with Gasteiger partial charge in [0.15, 0.2) is 5.60 Å². The largest absolute Gasteiger partial charge is 0.489 e. The summed E-state index contributed by atoms with van der Waals surface area (Å²) in [5.41, 5.74) is -0.0820. The number of fused-ring (bicyclic) bond motifs is 1. The van der Waals surface area contributed by atoms with Gasteiger partial charge < -0.3 is 29.5 Å². The number of benzene rings is 1. The lowest BCUT2D eigenvalue weighted by molar-refractivity contribution is -0.140. The van der Waals surface area contributed by atoms with Crippen molar-refractivity contribution >= 4 is 17.5 Å². The molecular formula is C26H21FN4O6. The van der Waals surface area contributed by atoms with Crippen LogP contribution in [0.5, 0.6) is 17.2 Å². The van der Waals surface area contributed by atoms with Gasteiger partial charge in [-0.15, -0.1) is 0 Å². The number of hydrogen-bond acceptors (Lipinski definition) is 8. The molecule has 2 N–H and O–H groups in total. The van der Waals surface area contributed by atoms with Gasteiger partial charge in [0.25, 0.3) is 11.8 Å². The standard InChI is InChI=1S/C26H21FN4O6/c1-31-21-10-16(6-8-26(34)14-35-15-26)2-4-22(21)36-13-20(25(31)33)30-24(32)19-11-17(7-9-28-19)37-18-3-5-23(27)29-12-18/h2-5,7,9-12,20,34H,13-15H2,1H3,(H,30,32)/t20-/m1/s1. The Labute approximate surface area is 211 Å². The molecule has 0 radical (unpaired) electrons. The SMILES string of the molecule is CN1C(=O)[C@H](NC(=O)c2cc(Oc3ccc(F)nc3)ccn2)COc2ccc(C#CC3(O)COC3)cc21. The predicted octanol–water partition coefficient (Wildman–Crippen LogP) is 1.67. The molecule has 1 fully saturated rings. The fourth-order valence-electron chi connectivity index (χ4n) is 3.63. The number of nitrogens with one attached hydrogen (secondary N) is 1. The van der Waals surface area contributed by atoms with Crippen molar-refractivity contribution in [1.29, 1.82) is 0 Å². The second kappa shape index (κ2) is 9.85. The topological polar surface area (TPSA) is 123 Å². The van der Waals surface area contributed by atoms with Crippen LogP contribution in [0.1, 0.15) is 16.1 Å². The molecule has 0 saturated carbocycles. The Morgan fingerprint density at radius 2 is 2.05 bits per heavy atom. The molecule has 0 bridgehead atoms. The second-order valence-corrected chi connectivity index (χ2v) is 8.49. The van der Waals surface area contributed by atoms with E-state index in [1.807, 2.05) is 0 Å². The Balaban J connectivity index is 1.28. The number of aliphatic hydroxyl groups is 1. The van der Waals surface area contributed by atoms with Crippen molar-refractivity contribution in [3.63, 3.8) is 0 Å². The number of ether oxygens (including phenoxy) is 3. The first-order valence-electron chi connectivity index (χ1n) is 11.2. The van der Waals surface area contributed by atoms with Crippen LogP contribution in [-0.2, 0) is 9.53 Å². The van der Waals surface area contributed by atoms with Gasteiger partial charge in [0.05, 0.1) is 25.1 Å². The maximum absolute atomic E-state index is 13.2. The van der Waals surface area contributed by atoms with E-state index in [1.54, 1.807) is 25.2 Å². The van der Waals surface area contributed by atoms with Gasteiger partial charge in [0.1, 0.15) is 35.6 Å². The maximum Gasteiger partial charge on any atom is 0.270 e. The summed E-state index contributed by atoms with van der Waals surface area (Å²) in [4.78, 5) is 35.0. The van der Waals surface area contributed by atoms with Gasteiger partial charge in [0.2, 0.25) is 5.95 Å². The summed E-state index contributed by atoms with van der Waals surface area (Å²) >= 11 is 0. The molecule has 2 aliphatic heterocycles. The van der Waals surface area contributed by atoms with Crippen molar-refractivity contribution in [2.24, 2.45) is 0 Å². The van der Waals surface area contributed by atoms with Crippen LogP contribution in [0.15, 0.2) is 54.9 Å². The summed E-state index contributed by atoms with van der Waals surface area (Å²) in [5.74, 6) is 5.05. The average Bonchev–Trinajstić information content (AvgIpc) is 3.00. The molecule has 188 valence electrons. The minimum atomic E-state index is -1.16.